The van der Waals surface area contributed by atoms with Gasteiger partial charge in [0.25, 0.3) is 5.91 Å². The number of amides is 1. The van der Waals surface area contributed by atoms with Crippen LogP contribution in [0.5, 0.6) is 0 Å². The summed E-state index contributed by atoms with van der Waals surface area (Å²) in [7, 11) is -4.03. The van der Waals surface area contributed by atoms with Gasteiger partial charge < -0.3 is 14.5 Å². The maximum Gasteiger partial charge on any atom is 0.251 e. The summed E-state index contributed by atoms with van der Waals surface area (Å²) in [5, 5.41) is 2.65. The van der Waals surface area contributed by atoms with Crippen LogP contribution in [0.2, 0.25) is 0 Å². The summed E-state index contributed by atoms with van der Waals surface area (Å²) >= 11 is 0. The summed E-state index contributed by atoms with van der Waals surface area (Å²) in [6.07, 6.45) is 2.13. The lowest BCUT2D eigenvalue weighted by Gasteiger charge is -2.12. The van der Waals surface area contributed by atoms with Gasteiger partial charge in [-0.15, -0.1) is 0 Å². The van der Waals surface area contributed by atoms with Crippen molar-refractivity contribution in [1.82, 2.24) is 10.0 Å². The van der Waals surface area contributed by atoms with Crippen LogP contribution in [0.4, 0.5) is 4.39 Å². The fraction of sp³-hybridized carbons (Fsp3) is 0.389. The lowest BCUT2D eigenvalue weighted by molar-refractivity contribution is 0.0917. The Labute approximate surface area is 158 Å². The maximum atomic E-state index is 13.9. The van der Waals surface area contributed by atoms with Crippen LogP contribution in [-0.2, 0) is 21.4 Å². The average molecular weight is 398 g/mol. The molecule has 0 fully saturated rings. The van der Waals surface area contributed by atoms with Crippen molar-refractivity contribution in [1.29, 1.82) is 0 Å². The van der Waals surface area contributed by atoms with E-state index in [1.165, 1.54) is 6.07 Å². The highest BCUT2D eigenvalue weighted by molar-refractivity contribution is 7.89. The van der Waals surface area contributed by atoms with Crippen LogP contribution >= 0.6 is 0 Å². The lowest BCUT2D eigenvalue weighted by Crippen LogP contribution is -2.31. The van der Waals surface area contributed by atoms with E-state index in [0.717, 1.165) is 12.1 Å². The molecule has 2 aromatic rings. The minimum absolute atomic E-state index is 0.0667. The van der Waals surface area contributed by atoms with Gasteiger partial charge in [0.15, 0.2) is 0 Å². The quantitative estimate of drug-likeness (QED) is 0.599. The minimum Gasteiger partial charge on any atom is -0.467 e. The summed E-state index contributed by atoms with van der Waals surface area (Å²) in [5.41, 5.74) is 0.0667. The van der Waals surface area contributed by atoms with Gasteiger partial charge in [-0.1, -0.05) is 0 Å². The number of halogens is 1. The number of hydrogen-bond acceptors (Lipinski definition) is 5. The third-order valence-electron chi connectivity index (χ3n) is 3.45. The summed E-state index contributed by atoms with van der Waals surface area (Å²) in [6, 6.07) is 6.42. The van der Waals surface area contributed by atoms with Gasteiger partial charge in [-0.3, -0.25) is 4.79 Å². The number of hydrogen-bond donors (Lipinski definition) is 2. The SMILES string of the molecule is CC(C)NS(=O)(=O)c1cc(C(=O)NCCCOCc2ccco2)ccc1F. The average Bonchev–Trinajstić information content (AvgIpc) is 3.10. The molecule has 0 atom stereocenters. The third-order valence-corrected chi connectivity index (χ3v) is 5.12. The van der Waals surface area contributed by atoms with Crippen molar-refractivity contribution in [2.24, 2.45) is 0 Å². The van der Waals surface area contributed by atoms with E-state index in [0.29, 0.717) is 31.9 Å². The number of carbonyl (C=O) groups is 1. The molecular weight excluding hydrogens is 375 g/mol. The van der Waals surface area contributed by atoms with E-state index in [1.54, 1.807) is 32.2 Å². The molecule has 0 saturated carbocycles. The van der Waals surface area contributed by atoms with E-state index in [1.807, 2.05) is 0 Å². The van der Waals surface area contributed by atoms with Crippen molar-refractivity contribution in [3.63, 3.8) is 0 Å². The van der Waals surface area contributed by atoms with E-state index in [4.69, 9.17) is 9.15 Å². The number of furan rings is 1. The Morgan fingerprint density at radius 3 is 2.74 bits per heavy atom. The monoisotopic (exact) mass is 398 g/mol. The minimum atomic E-state index is -4.03. The molecule has 2 N–H and O–H groups in total. The second-order valence-electron chi connectivity index (χ2n) is 6.16. The number of sulfonamides is 1. The first kappa shape index (κ1) is 21.1. The van der Waals surface area contributed by atoms with Crippen LogP contribution < -0.4 is 10.0 Å². The number of benzene rings is 1. The normalized spacial score (nSPS) is 11.7. The van der Waals surface area contributed by atoms with Crippen molar-refractivity contribution in [3.8, 4) is 0 Å². The topological polar surface area (TPSA) is 97.6 Å². The van der Waals surface area contributed by atoms with Gasteiger partial charge in [0.05, 0.1) is 6.26 Å². The molecule has 0 unspecified atom stereocenters. The fourth-order valence-corrected chi connectivity index (χ4v) is 3.62. The third kappa shape index (κ3) is 6.46. The van der Waals surface area contributed by atoms with E-state index in [-0.39, 0.29) is 5.56 Å². The summed E-state index contributed by atoms with van der Waals surface area (Å²) < 4.78 is 51.1. The van der Waals surface area contributed by atoms with E-state index < -0.39 is 32.7 Å². The van der Waals surface area contributed by atoms with Crippen molar-refractivity contribution >= 4 is 15.9 Å². The molecule has 0 aliphatic heterocycles. The molecule has 1 aromatic carbocycles. The molecule has 148 valence electrons. The van der Waals surface area contributed by atoms with Crippen molar-refractivity contribution in [2.75, 3.05) is 13.2 Å². The molecule has 0 spiro atoms. The summed E-state index contributed by atoms with van der Waals surface area (Å²) in [6.45, 7) is 4.35. The molecule has 1 amide bonds. The van der Waals surface area contributed by atoms with Crippen LogP contribution in [0, 0.1) is 5.82 Å². The Morgan fingerprint density at radius 2 is 2.07 bits per heavy atom. The molecule has 0 saturated heterocycles. The van der Waals surface area contributed by atoms with Gasteiger partial charge in [0, 0.05) is 24.8 Å². The van der Waals surface area contributed by atoms with E-state index in [9.17, 15) is 17.6 Å². The number of rotatable bonds is 10. The predicted molar refractivity (Wildman–Crippen MR) is 97.2 cm³/mol. The van der Waals surface area contributed by atoms with Crippen molar-refractivity contribution in [3.05, 3.63) is 53.7 Å². The Hall–Kier alpha value is -2.23. The molecule has 0 aliphatic rings. The second kappa shape index (κ2) is 9.63. The van der Waals surface area contributed by atoms with Gasteiger partial charge >= 0.3 is 0 Å². The molecule has 7 nitrogen and oxygen atoms in total. The van der Waals surface area contributed by atoms with Gasteiger partial charge in [-0.05, 0) is 50.6 Å². The van der Waals surface area contributed by atoms with Crippen LogP contribution in [0.15, 0.2) is 45.9 Å². The predicted octanol–water partition coefficient (Wildman–Crippen LogP) is 2.44. The molecular formula is C18H23FN2O5S. The number of ether oxygens (including phenoxy) is 1. The number of carbonyl (C=O) groups excluding carboxylic acids is 1. The highest BCUT2D eigenvalue weighted by atomic mass is 32.2. The molecule has 27 heavy (non-hydrogen) atoms. The lowest BCUT2D eigenvalue weighted by atomic mass is 10.2. The standard InChI is InChI=1S/C18H23FN2O5S/c1-13(2)21-27(23,24)17-11-14(6-7-16(17)19)18(22)20-8-4-9-25-12-15-5-3-10-26-15/h3,5-7,10-11,13,21H,4,8-9,12H2,1-2H3,(H,20,22). The fourth-order valence-electron chi connectivity index (χ4n) is 2.27. The Balaban J connectivity index is 1.86. The zero-order chi connectivity index (χ0) is 19.9. The van der Waals surface area contributed by atoms with Gasteiger partial charge in [-0.2, -0.15) is 0 Å². The van der Waals surface area contributed by atoms with Crippen LogP contribution in [0.25, 0.3) is 0 Å². The van der Waals surface area contributed by atoms with Gasteiger partial charge in [-0.25, -0.2) is 17.5 Å². The summed E-state index contributed by atoms with van der Waals surface area (Å²) in [4.78, 5) is 11.6. The van der Waals surface area contributed by atoms with Crippen LogP contribution in [0.3, 0.4) is 0 Å². The molecule has 1 heterocycles. The molecule has 1 aromatic heterocycles. The molecule has 0 aliphatic carbocycles. The smallest absolute Gasteiger partial charge is 0.251 e. The van der Waals surface area contributed by atoms with Crippen LogP contribution in [0.1, 0.15) is 36.4 Å². The van der Waals surface area contributed by atoms with Gasteiger partial charge in [0.1, 0.15) is 23.1 Å². The first-order chi connectivity index (χ1) is 12.8. The molecule has 2 rings (SSSR count). The Bertz CT molecular complexity index is 851. The first-order valence-electron chi connectivity index (χ1n) is 8.50. The Kier molecular flexibility index (Phi) is 7.52. The van der Waals surface area contributed by atoms with Crippen LogP contribution in [-0.4, -0.2) is 33.5 Å². The Morgan fingerprint density at radius 1 is 1.30 bits per heavy atom. The highest BCUT2D eigenvalue weighted by Crippen LogP contribution is 2.17. The molecule has 0 bridgehead atoms. The van der Waals surface area contributed by atoms with E-state index in [2.05, 4.69) is 10.0 Å². The maximum absolute atomic E-state index is 13.9. The summed E-state index contributed by atoms with van der Waals surface area (Å²) in [5.74, 6) is -0.679. The number of nitrogens with one attached hydrogen (secondary N) is 2. The van der Waals surface area contributed by atoms with Crippen molar-refractivity contribution < 1.29 is 26.8 Å². The largest absolute Gasteiger partial charge is 0.467 e. The molecule has 9 heteroatoms. The zero-order valence-corrected chi connectivity index (χ0v) is 16.0. The van der Waals surface area contributed by atoms with Gasteiger partial charge in [0.2, 0.25) is 10.0 Å². The second-order valence-corrected chi connectivity index (χ2v) is 7.84. The first-order valence-corrected chi connectivity index (χ1v) is 9.98. The van der Waals surface area contributed by atoms with Crippen molar-refractivity contribution in [2.45, 2.75) is 37.8 Å². The highest BCUT2D eigenvalue weighted by Gasteiger charge is 2.21. The molecule has 0 radical (unpaired) electrons. The zero-order valence-electron chi connectivity index (χ0n) is 15.2. The van der Waals surface area contributed by atoms with E-state index >= 15 is 0 Å².